The Morgan fingerprint density at radius 3 is 2.62 bits per heavy atom. The number of amides is 1. The van der Waals surface area contributed by atoms with Crippen molar-refractivity contribution in [2.24, 2.45) is 17.6 Å². The van der Waals surface area contributed by atoms with Gasteiger partial charge in [0, 0.05) is 13.1 Å². The van der Waals surface area contributed by atoms with Gasteiger partial charge in [-0.05, 0) is 45.7 Å². The molecule has 0 aromatic rings. The molecular weight excluding hydrogens is 206 g/mol. The number of carbonyl (C=O) groups excluding carboxylic acids is 1. The summed E-state index contributed by atoms with van der Waals surface area (Å²) in [5, 5.41) is 6.06. The first kappa shape index (κ1) is 13.3. The molecule has 1 aliphatic heterocycles. The molecule has 5 nitrogen and oxygen atoms in total. The Balaban J connectivity index is 2.26. The van der Waals surface area contributed by atoms with E-state index in [1.807, 2.05) is 20.8 Å². The maximum atomic E-state index is 11.4. The predicted molar refractivity (Wildman–Crippen MR) is 63.1 cm³/mol. The standard InChI is InChI=1S/C11H23N3O2/c1-11(2,3)16-10(15)14-7-9-6-13-5-8(9)4-12/h8-9,13H,4-7,12H2,1-3H3,(H,14,15). The molecule has 0 saturated carbocycles. The summed E-state index contributed by atoms with van der Waals surface area (Å²) in [6.45, 7) is 8.71. The molecule has 94 valence electrons. The van der Waals surface area contributed by atoms with Crippen molar-refractivity contribution in [2.45, 2.75) is 26.4 Å². The number of hydrogen-bond donors (Lipinski definition) is 3. The second kappa shape index (κ2) is 5.50. The van der Waals surface area contributed by atoms with Crippen molar-refractivity contribution in [1.29, 1.82) is 0 Å². The molecule has 5 heteroatoms. The van der Waals surface area contributed by atoms with E-state index >= 15 is 0 Å². The van der Waals surface area contributed by atoms with Crippen molar-refractivity contribution >= 4 is 6.09 Å². The van der Waals surface area contributed by atoms with Gasteiger partial charge in [0.25, 0.3) is 0 Å². The van der Waals surface area contributed by atoms with Gasteiger partial charge in [-0.2, -0.15) is 0 Å². The maximum Gasteiger partial charge on any atom is 0.407 e. The monoisotopic (exact) mass is 229 g/mol. The fourth-order valence-electron chi connectivity index (χ4n) is 1.83. The molecule has 4 N–H and O–H groups in total. The molecule has 1 fully saturated rings. The molecule has 1 amide bonds. The summed E-state index contributed by atoms with van der Waals surface area (Å²) >= 11 is 0. The van der Waals surface area contributed by atoms with E-state index in [-0.39, 0.29) is 6.09 Å². The summed E-state index contributed by atoms with van der Waals surface area (Å²) in [7, 11) is 0. The zero-order chi connectivity index (χ0) is 12.2. The molecule has 0 spiro atoms. The van der Waals surface area contributed by atoms with Gasteiger partial charge in [-0.25, -0.2) is 4.79 Å². The van der Waals surface area contributed by atoms with Crippen molar-refractivity contribution in [3.63, 3.8) is 0 Å². The fourth-order valence-corrected chi connectivity index (χ4v) is 1.83. The molecular formula is C11H23N3O2. The third kappa shape index (κ3) is 4.37. The van der Waals surface area contributed by atoms with Crippen molar-refractivity contribution in [1.82, 2.24) is 10.6 Å². The number of carbonyl (C=O) groups is 1. The fraction of sp³-hybridized carbons (Fsp3) is 0.909. The van der Waals surface area contributed by atoms with Gasteiger partial charge in [0.1, 0.15) is 5.60 Å². The van der Waals surface area contributed by atoms with Gasteiger partial charge >= 0.3 is 6.09 Å². The molecule has 1 saturated heterocycles. The molecule has 0 radical (unpaired) electrons. The second-order valence-corrected chi connectivity index (χ2v) is 5.30. The predicted octanol–water partition coefficient (Wildman–Crippen LogP) is 0.305. The van der Waals surface area contributed by atoms with Crippen molar-refractivity contribution in [3.05, 3.63) is 0 Å². The molecule has 2 unspecified atom stereocenters. The summed E-state index contributed by atoms with van der Waals surface area (Å²) in [5.74, 6) is 0.868. The highest BCUT2D eigenvalue weighted by molar-refractivity contribution is 5.67. The van der Waals surface area contributed by atoms with Crippen LogP contribution in [-0.4, -0.2) is 37.9 Å². The van der Waals surface area contributed by atoms with E-state index in [0.717, 1.165) is 13.1 Å². The molecule has 0 aromatic heterocycles. The maximum absolute atomic E-state index is 11.4. The average molecular weight is 229 g/mol. The topological polar surface area (TPSA) is 76.4 Å². The quantitative estimate of drug-likeness (QED) is 0.651. The molecule has 1 heterocycles. The van der Waals surface area contributed by atoms with Gasteiger partial charge in [0.2, 0.25) is 0 Å². The lowest BCUT2D eigenvalue weighted by atomic mass is 9.96. The number of nitrogens with two attached hydrogens (primary N) is 1. The average Bonchev–Trinajstić information content (AvgIpc) is 2.59. The van der Waals surface area contributed by atoms with E-state index < -0.39 is 5.60 Å². The van der Waals surface area contributed by atoms with E-state index in [9.17, 15) is 4.79 Å². The van der Waals surface area contributed by atoms with Gasteiger partial charge in [-0.15, -0.1) is 0 Å². The van der Waals surface area contributed by atoms with Crippen LogP contribution < -0.4 is 16.4 Å². The van der Waals surface area contributed by atoms with Crippen LogP contribution >= 0.6 is 0 Å². The van der Waals surface area contributed by atoms with Crippen LogP contribution in [-0.2, 0) is 4.74 Å². The van der Waals surface area contributed by atoms with Crippen molar-refractivity contribution < 1.29 is 9.53 Å². The molecule has 2 atom stereocenters. The van der Waals surface area contributed by atoms with Crippen LogP contribution in [0.4, 0.5) is 4.79 Å². The van der Waals surface area contributed by atoms with Crippen molar-refractivity contribution in [3.8, 4) is 0 Å². The Bertz CT molecular complexity index is 238. The van der Waals surface area contributed by atoms with Crippen LogP contribution in [0.1, 0.15) is 20.8 Å². The molecule has 0 aromatic carbocycles. The van der Waals surface area contributed by atoms with Gasteiger partial charge in [0.15, 0.2) is 0 Å². The highest BCUT2D eigenvalue weighted by Crippen LogP contribution is 2.14. The highest BCUT2D eigenvalue weighted by Gasteiger charge is 2.26. The highest BCUT2D eigenvalue weighted by atomic mass is 16.6. The first-order chi connectivity index (χ1) is 7.42. The van der Waals surface area contributed by atoms with E-state index in [4.69, 9.17) is 10.5 Å². The number of alkyl carbamates (subject to hydrolysis) is 1. The SMILES string of the molecule is CC(C)(C)OC(=O)NCC1CNCC1CN. The summed E-state index contributed by atoms with van der Waals surface area (Å²) in [4.78, 5) is 11.4. The largest absolute Gasteiger partial charge is 0.444 e. The van der Waals surface area contributed by atoms with E-state index in [2.05, 4.69) is 10.6 Å². The third-order valence-corrected chi connectivity index (χ3v) is 2.69. The van der Waals surface area contributed by atoms with Crippen LogP contribution in [0.2, 0.25) is 0 Å². The first-order valence-electron chi connectivity index (χ1n) is 5.80. The molecule has 1 aliphatic rings. The number of ether oxygens (including phenoxy) is 1. The van der Waals surface area contributed by atoms with Gasteiger partial charge < -0.3 is 21.1 Å². The Hall–Kier alpha value is -0.810. The Morgan fingerprint density at radius 1 is 1.44 bits per heavy atom. The first-order valence-corrected chi connectivity index (χ1v) is 5.80. The molecule has 0 aliphatic carbocycles. The summed E-state index contributed by atoms with van der Waals surface area (Å²) < 4.78 is 5.16. The number of rotatable bonds is 3. The van der Waals surface area contributed by atoms with Gasteiger partial charge in [0.05, 0.1) is 0 Å². The summed E-state index contributed by atoms with van der Waals surface area (Å²) in [6, 6.07) is 0. The molecule has 0 bridgehead atoms. The van der Waals surface area contributed by atoms with Crippen LogP contribution in [0.25, 0.3) is 0 Å². The summed E-state index contributed by atoms with van der Waals surface area (Å²) in [5.41, 5.74) is 5.21. The summed E-state index contributed by atoms with van der Waals surface area (Å²) in [6.07, 6.45) is -0.352. The van der Waals surface area contributed by atoms with E-state index in [1.54, 1.807) is 0 Å². The minimum absolute atomic E-state index is 0.352. The Labute approximate surface area is 97.1 Å². The van der Waals surface area contributed by atoms with Crippen LogP contribution in [0, 0.1) is 11.8 Å². The number of nitrogens with one attached hydrogen (secondary N) is 2. The van der Waals surface area contributed by atoms with Gasteiger partial charge in [-0.1, -0.05) is 0 Å². The van der Waals surface area contributed by atoms with Crippen LogP contribution in [0.15, 0.2) is 0 Å². The van der Waals surface area contributed by atoms with Crippen LogP contribution in [0.5, 0.6) is 0 Å². The van der Waals surface area contributed by atoms with Gasteiger partial charge in [-0.3, -0.25) is 0 Å². The molecule has 1 rings (SSSR count). The third-order valence-electron chi connectivity index (χ3n) is 2.69. The minimum atomic E-state index is -0.439. The number of hydrogen-bond acceptors (Lipinski definition) is 4. The second-order valence-electron chi connectivity index (χ2n) is 5.30. The lowest BCUT2D eigenvalue weighted by Crippen LogP contribution is -2.38. The van der Waals surface area contributed by atoms with Crippen molar-refractivity contribution in [2.75, 3.05) is 26.2 Å². The Kier molecular flexibility index (Phi) is 4.56. The zero-order valence-electron chi connectivity index (χ0n) is 10.4. The van der Waals surface area contributed by atoms with E-state index in [1.165, 1.54) is 0 Å². The lowest BCUT2D eigenvalue weighted by molar-refractivity contribution is 0.0517. The molecule has 16 heavy (non-hydrogen) atoms. The lowest BCUT2D eigenvalue weighted by Gasteiger charge is -2.22. The normalized spacial score (nSPS) is 25.5. The minimum Gasteiger partial charge on any atom is -0.444 e. The van der Waals surface area contributed by atoms with E-state index in [0.29, 0.717) is 24.9 Å². The van der Waals surface area contributed by atoms with Crippen LogP contribution in [0.3, 0.4) is 0 Å². The zero-order valence-corrected chi connectivity index (χ0v) is 10.4. The smallest absolute Gasteiger partial charge is 0.407 e. The Morgan fingerprint density at radius 2 is 2.06 bits per heavy atom.